The summed E-state index contributed by atoms with van der Waals surface area (Å²) < 4.78 is 0. The molecule has 148 valence electrons. The number of nitrogens with zero attached hydrogens (tertiary/aromatic N) is 5. The molecular weight excluding hydrogens is 386 g/mol. The highest BCUT2D eigenvalue weighted by Crippen LogP contribution is 2.55. The number of nitriles is 2. The highest BCUT2D eigenvalue weighted by atomic mass is 16.1. The van der Waals surface area contributed by atoms with Gasteiger partial charge in [0.1, 0.15) is 6.04 Å². The summed E-state index contributed by atoms with van der Waals surface area (Å²) in [6.45, 7) is 0. The summed E-state index contributed by atoms with van der Waals surface area (Å²) in [6, 6.07) is 19.5. The Bertz CT molecular complexity index is 1240. The molecule has 0 amide bonds. The summed E-state index contributed by atoms with van der Waals surface area (Å²) in [7, 11) is 0. The first-order valence-corrected chi connectivity index (χ1v) is 9.94. The van der Waals surface area contributed by atoms with E-state index in [1.807, 2.05) is 47.4 Å². The third-order valence-corrected chi connectivity index (χ3v) is 6.14. The maximum Gasteiger partial charge on any atom is 0.185 e. The number of aromatic nitrogens is 2. The van der Waals surface area contributed by atoms with Crippen molar-refractivity contribution >= 4 is 17.5 Å². The number of fused-ring (bicyclic) bond motifs is 3. The minimum absolute atomic E-state index is 0.142. The first kappa shape index (κ1) is 18.7. The molecule has 31 heavy (non-hydrogen) atoms. The van der Waals surface area contributed by atoms with Crippen molar-refractivity contribution in [3.63, 3.8) is 0 Å². The number of hydrogen-bond donors (Lipinski definition) is 0. The first-order valence-electron chi connectivity index (χ1n) is 9.94. The predicted octanol–water partition coefficient (Wildman–Crippen LogP) is 3.76. The van der Waals surface area contributed by atoms with E-state index in [1.54, 1.807) is 42.9 Å². The number of hydrogen-bond acceptors (Lipinski definition) is 6. The van der Waals surface area contributed by atoms with Crippen molar-refractivity contribution in [3.8, 4) is 12.1 Å². The zero-order chi connectivity index (χ0) is 21.4. The van der Waals surface area contributed by atoms with Gasteiger partial charge in [0.25, 0.3) is 0 Å². The summed E-state index contributed by atoms with van der Waals surface area (Å²) in [5.41, 5.74) is 1.20. The number of ketones is 1. The van der Waals surface area contributed by atoms with Crippen LogP contribution in [0.1, 0.15) is 27.5 Å². The molecule has 2 aliphatic heterocycles. The van der Waals surface area contributed by atoms with E-state index in [-0.39, 0.29) is 5.78 Å². The Morgan fingerprint density at radius 1 is 1.00 bits per heavy atom. The number of pyridine rings is 2. The second-order valence-corrected chi connectivity index (χ2v) is 7.65. The molecule has 1 aromatic carbocycles. The monoisotopic (exact) mass is 403 g/mol. The van der Waals surface area contributed by atoms with Crippen molar-refractivity contribution in [2.75, 3.05) is 4.90 Å². The minimum Gasteiger partial charge on any atom is -0.349 e. The molecule has 2 aliphatic rings. The Labute approximate surface area is 179 Å². The number of carbonyl (C=O) groups is 1. The van der Waals surface area contributed by atoms with Crippen molar-refractivity contribution in [1.29, 1.82) is 10.5 Å². The van der Waals surface area contributed by atoms with Crippen molar-refractivity contribution in [1.82, 2.24) is 9.97 Å². The van der Waals surface area contributed by atoms with Gasteiger partial charge in [0.2, 0.25) is 0 Å². The molecule has 4 heterocycles. The van der Waals surface area contributed by atoms with Crippen molar-refractivity contribution < 1.29 is 4.79 Å². The normalized spacial score (nSPS) is 22.6. The quantitative estimate of drug-likeness (QED) is 0.618. The number of carbonyl (C=O) groups excluding carboxylic acids is 1. The molecule has 0 aliphatic carbocycles. The van der Waals surface area contributed by atoms with Crippen LogP contribution in [0.5, 0.6) is 0 Å². The maximum absolute atomic E-state index is 13.9. The average molecular weight is 403 g/mol. The first-order chi connectivity index (χ1) is 15.2. The van der Waals surface area contributed by atoms with Crippen LogP contribution in [-0.4, -0.2) is 27.8 Å². The van der Waals surface area contributed by atoms with E-state index in [1.165, 1.54) is 0 Å². The number of Topliss-reactive ketones (excluding diaryl/α,β-unsaturated/α-hetero) is 1. The smallest absolute Gasteiger partial charge is 0.185 e. The lowest BCUT2D eigenvalue weighted by Crippen LogP contribution is -2.44. The summed E-state index contributed by atoms with van der Waals surface area (Å²) in [5.74, 6) is -0.832. The fraction of sp³-hybridized carbons (Fsp3) is 0.160. The van der Waals surface area contributed by atoms with E-state index in [4.69, 9.17) is 0 Å². The molecule has 3 atom stereocenters. The highest BCUT2D eigenvalue weighted by molar-refractivity contribution is 6.04. The molecule has 3 aromatic rings. The van der Waals surface area contributed by atoms with Crippen molar-refractivity contribution in [2.24, 2.45) is 5.41 Å². The SMILES string of the molecule is N#CC1(C#N)[C@H](c2cccnc2)[C@H](C(=O)c2ccccc2)N2c3cccnc3C=C[C@H]21. The molecule has 0 unspecified atom stereocenters. The summed E-state index contributed by atoms with van der Waals surface area (Å²) >= 11 is 0. The lowest BCUT2D eigenvalue weighted by atomic mass is 9.69. The lowest BCUT2D eigenvalue weighted by molar-refractivity contribution is 0.0951. The van der Waals surface area contributed by atoms with Gasteiger partial charge in [-0.25, -0.2) is 0 Å². The fourth-order valence-electron chi connectivity index (χ4n) is 4.82. The lowest BCUT2D eigenvalue weighted by Gasteiger charge is -2.34. The van der Waals surface area contributed by atoms with Crippen LogP contribution in [0, 0.1) is 28.1 Å². The largest absolute Gasteiger partial charge is 0.349 e. The number of benzene rings is 1. The van der Waals surface area contributed by atoms with Crippen LogP contribution in [0.15, 0.2) is 79.3 Å². The van der Waals surface area contributed by atoms with Crippen LogP contribution < -0.4 is 4.90 Å². The van der Waals surface area contributed by atoms with E-state index in [9.17, 15) is 15.3 Å². The van der Waals surface area contributed by atoms with Gasteiger partial charge >= 0.3 is 0 Å². The van der Waals surface area contributed by atoms with Crippen molar-refractivity contribution in [2.45, 2.75) is 18.0 Å². The Balaban J connectivity index is 1.79. The van der Waals surface area contributed by atoms with Gasteiger partial charge < -0.3 is 4.90 Å². The molecule has 0 saturated carbocycles. The Kier molecular flexibility index (Phi) is 4.34. The molecule has 5 rings (SSSR count). The van der Waals surface area contributed by atoms with Gasteiger partial charge in [0.15, 0.2) is 11.2 Å². The second kappa shape index (κ2) is 7.19. The van der Waals surface area contributed by atoms with E-state index < -0.39 is 23.4 Å². The maximum atomic E-state index is 13.9. The van der Waals surface area contributed by atoms with Crippen LogP contribution in [0.2, 0.25) is 0 Å². The van der Waals surface area contributed by atoms with Gasteiger partial charge in [-0.1, -0.05) is 42.5 Å². The second-order valence-electron chi connectivity index (χ2n) is 7.65. The summed E-state index contributed by atoms with van der Waals surface area (Å²) in [5, 5.41) is 20.6. The summed E-state index contributed by atoms with van der Waals surface area (Å²) in [6.07, 6.45) is 8.62. The minimum atomic E-state index is -1.47. The van der Waals surface area contributed by atoms with Crippen molar-refractivity contribution in [3.05, 3.63) is 96.1 Å². The van der Waals surface area contributed by atoms with Gasteiger partial charge in [0.05, 0.1) is 29.6 Å². The van der Waals surface area contributed by atoms with Crippen LogP contribution in [0.3, 0.4) is 0 Å². The van der Waals surface area contributed by atoms with Crippen LogP contribution in [0.25, 0.3) is 6.08 Å². The highest BCUT2D eigenvalue weighted by Gasteiger charge is 2.63. The molecule has 0 radical (unpaired) electrons. The van der Waals surface area contributed by atoms with Gasteiger partial charge in [-0.2, -0.15) is 10.5 Å². The molecule has 2 aromatic heterocycles. The molecule has 0 bridgehead atoms. The molecule has 0 N–H and O–H groups in total. The van der Waals surface area contributed by atoms with Gasteiger partial charge in [-0.05, 0) is 29.8 Å². The third kappa shape index (κ3) is 2.66. The van der Waals surface area contributed by atoms with E-state index in [0.29, 0.717) is 16.8 Å². The van der Waals surface area contributed by atoms with Crippen LogP contribution >= 0.6 is 0 Å². The molecule has 1 fully saturated rings. The molecule has 6 heteroatoms. The number of anilines is 1. The molecule has 0 spiro atoms. The Hall–Kier alpha value is -4.29. The third-order valence-electron chi connectivity index (χ3n) is 6.14. The zero-order valence-electron chi connectivity index (χ0n) is 16.5. The molecule has 1 saturated heterocycles. The molecule has 6 nitrogen and oxygen atoms in total. The molecular formula is C25H17N5O. The zero-order valence-corrected chi connectivity index (χ0v) is 16.5. The van der Waals surface area contributed by atoms with Gasteiger partial charge in [0, 0.05) is 30.1 Å². The van der Waals surface area contributed by atoms with E-state index in [2.05, 4.69) is 22.1 Å². The van der Waals surface area contributed by atoms with Crippen LogP contribution in [-0.2, 0) is 0 Å². The predicted molar refractivity (Wildman–Crippen MR) is 115 cm³/mol. The standard InChI is InChI=1S/C25H17N5O/c26-15-25(16-27)21-11-10-19-20(9-5-13-29-19)30(21)23(22(25)18-8-4-12-28-14-18)24(31)17-6-2-1-3-7-17/h1-14,21-23H/t21-,22+,23+/m0/s1. The number of rotatable bonds is 3. The van der Waals surface area contributed by atoms with E-state index >= 15 is 0 Å². The topological polar surface area (TPSA) is 93.7 Å². The van der Waals surface area contributed by atoms with E-state index in [0.717, 1.165) is 5.69 Å². The summed E-state index contributed by atoms with van der Waals surface area (Å²) in [4.78, 5) is 24.4. The fourth-order valence-corrected chi connectivity index (χ4v) is 4.82. The Morgan fingerprint density at radius 3 is 2.48 bits per heavy atom. The van der Waals surface area contributed by atoms with Crippen LogP contribution in [0.4, 0.5) is 5.69 Å². The van der Waals surface area contributed by atoms with Gasteiger partial charge in [-0.15, -0.1) is 0 Å². The van der Waals surface area contributed by atoms with Gasteiger partial charge in [-0.3, -0.25) is 14.8 Å². The average Bonchev–Trinajstić information content (AvgIpc) is 3.15. The Morgan fingerprint density at radius 2 is 1.77 bits per heavy atom.